The maximum atomic E-state index is 13.2. The maximum absolute atomic E-state index is 13.2. The summed E-state index contributed by atoms with van der Waals surface area (Å²) in [7, 11) is 1.70. The van der Waals surface area contributed by atoms with Gasteiger partial charge >= 0.3 is 0 Å². The summed E-state index contributed by atoms with van der Waals surface area (Å²) in [5.41, 5.74) is 0.961. The first kappa shape index (κ1) is 23.8. The van der Waals surface area contributed by atoms with E-state index < -0.39 is 5.41 Å². The normalized spacial score (nSPS) is 13.1. The Morgan fingerprint density at radius 1 is 1.00 bits per heavy atom. The van der Waals surface area contributed by atoms with Crippen molar-refractivity contribution in [1.82, 2.24) is 15.2 Å². The van der Waals surface area contributed by atoms with Gasteiger partial charge in [-0.2, -0.15) is 0 Å². The van der Waals surface area contributed by atoms with Crippen LogP contribution in [-0.2, 0) is 10.2 Å². The van der Waals surface area contributed by atoms with Gasteiger partial charge < -0.3 is 5.32 Å². The van der Waals surface area contributed by atoms with E-state index in [2.05, 4.69) is 42.9 Å². The minimum atomic E-state index is -0.806. The van der Waals surface area contributed by atoms with E-state index in [0.717, 1.165) is 17.8 Å². The number of rotatable bonds is 8. The number of amides is 1. The number of benzene rings is 1. The van der Waals surface area contributed by atoms with E-state index in [0.29, 0.717) is 18.5 Å². The fraction of sp³-hybridized carbons (Fsp3) is 0.500. The van der Waals surface area contributed by atoms with Crippen LogP contribution in [0.15, 0.2) is 54.7 Å². The molecule has 1 amide bonds. The van der Waals surface area contributed by atoms with E-state index in [4.69, 9.17) is 0 Å². The molecule has 4 nitrogen and oxygen atoms in total. The van der Waals surface area contributed by atoms with Gasteiger partial charge in [0.2, 0.25) is 5.91 Å². The fourth-order valence-corrected chi connectivity index (χ4v) is 3.74. The van der Waals surface area contributed by atoms with Crippen molar-refractivity contribution in [2.24, 2.45) is 0 Å². The Morgan fingerprint density at radius 3 is 2.04 bits per heavy atom. The second-order valence-electron chi connectivity index (χ2n) is 7.24. The van der Waals surface area contributed by atoms with Crippen molar-refractivity contribution in [3.8, 4) is 0 Å². The number of hydrogen-bond donors (Lipinski definition) is 1. The predicted octanol–water partition coefficient (Wildman–Crippen LogP) is 4.65. The molecule has 4 heteroatoms. The van der Waals surface area contributed by atoms with Gasteiger partial charge in [0, 0.05) is 31.9 Å². The molecule has 0 bridgehead atoms. The van der Waals surface area contributed by atoms with Crippen molar-refractivity contribution in [2.45, 2.75) is 65.5 Å². The molecule has 1 heterocycles. The first-order valence-electron chi connectivity index (χ1n) is 10.4. The van der Waals surface area contributed by atoms with Gasteiger partial charge in [-0.25, -0.2) is 0 Å². The van der Waals surface area contributed by atoms with Crippen LogP contribution in [0.3, 0.4) is 0 Å². The van der Waals surface area contributed by atoms with Crippen molar-refractivity contribution in [1.29, 1.82) is 0 Å². The fourth-order valence-electron chi connectivity index (χ4n) is 3.74. The van der Waals surface area contributed by atoms with Gasteiger partial charge in [0.25, 0.3) is 0 Å². The van der Waals surface area contributed by atoms with Gasteiger partial charge in [-0.3, -0.25) is 14.7 Å². The first-order valence-corrected chi connectivity index (χ1v) is 10.4. The lowest BCUT2D eigenvalue weighted by Gasteiger charge is -2.37. The minimum Gasteiger partial charge on any atom is -0.358 e. The lowest BCUT2D eigenvalue weighted by atomic mass is 9.73. The molecule has 1 atom stereocenters. The third-order valence-electron chi connectivity index (χ3n) is 5.06. The predicted molar refractivity (Wildman–Crippen MR) is 118 cm³/mol. The highest BCUT2D eigenvalue weighted by Crippen LogP contribution is 2.35. The molecule has 28 heavy (non-hydrogen) atoms. The molecule has 2 rings (SSSR count). The van der Waals surface area contributed by atoms with Crippen molar-refractivity contribution in [3.63, 3.8) is 0 Å². The Balaban J connectivity index is 0.00000190. The highest BCUT2D eigenvalue weighted by Gasteiger charge is 2.43. The molecule has 1 aromatic carbocycles. The van der Waals surface area contributed by atoms with Crippen LogP contribution in [0, 0.1) is 0 Å². The van der Waals surface area contributed by atoms with Crippen LogP contribution < -0.4 is 5.32 Å². The monoisotopic (exact) mass is 383 g/mol. The summed E-state index contributed by atoms with van der Waals surface area (Å²) in [5, 5.41) is 2.89. The second-order valence-corrected chi connectivity index (χ2v) is 7.24. The van der Waals surface area contributed by atoms with E-state index in [1.54, 1.807) is 13.2 Å². The molecule has 1 unspecified atom stereocenters. The summed E-state index contributed by atoms with van der Waals surface area (Å²) in [4.78, 5) is 20.2. The largest absolute Gasteiger partial charge is 0.358 e. The van der Waals surface area contributed by atoms with Gasteiger partial charge in [0.05, 0.1) is 5.69 Å². The van der Waals surface area contributed by atoms with Gasteiger partial charge in [0.15, 0.2) is 0 Å². The van der Waals surface area contributed by atoms with Crippen LogP contribution in [0.4, 0.5) is 0 Å². The van der Waals surface area contributed by atoms with Gasteiger partial charge in [-0.15, -0.1) is 0 Å². The zero-order valence-electron chi connectivity index (χ0n) is 18.6. The Labute approximate surface area is 171 Å². The summed E-state index contributed by atoms with van der Waals surface area (Å²) in [6.07, 6.45) is 2.43. The number of carbonyl (C=O) groups excluding carboxylic acids is 1. The smallest absolute Gasteiger partial charge is 0.236 e. The summed E-state index contributed by atoms with van der Waals surface area (Å²) < 4.78 is 0. The Bertz CT molecular complexity index is 636. The number of pyridine rings is 1. The average Bonchev–Trinajstić information content (AvgIpc) is 2.73. The molecule has 0 fully saturated rings. The van der Waals surface area contributed by atoms with Crippen LogP contribution in [0.2, 0.25) is 0 Å². The highest BCUT2D eigenvalue weighted by molar-refractivity contribution is 5.91. The molecular weight excluding hydrogens is 346 g/mol. The molecule has 0 saturated heterocycles. The number of nitrogens with zero attached hydrogens (tertiary/aromatic N) is 2. The number of aromatic nitrogens is 1. The van der Waals surface area contributed by atoms with Crippen LogP contribution in [0.5, 0.6) is 0 Å². The van der Waals surface area contributed by atoms with E-state index >= 15 is 0 Å². The molecule has 0 aliphatic carbocycles. The van der Waals surface area contributed by atoms with E-state index in [1.807, 2.05) is 62.4 Å². The summed E-state index contributed by atoms with van der Waals surface area (Å²) >= 11 is 0. The highest BCUT2D eigenvalue weighted by atomic mass is 16.2. The lowest BCUT2D eigenvalue weighted by molar-refractivity contribution is -0.125. The van der Waals surface area contributed by atoms with Crippen LogP contribution >= 0.6 is 0 Å². The molecule has 154 valence electrons. The van der Waals surface area contributed by atoms with E-state index in [9.17, 15) is 4.79 Å². The Kier molecular flexibility index (Phi) is 9.88. The van der Waals surface area contributed by atoms with Gasteiger partial charge in [-0.05, 0) is 51.8 Å². The number of likely N-dealkylation sites (N-methyl/N-ethyl adjacent to an activating group) is 1. The first-order chi connectivity index (χ1) is 13.4. The molecule has 1 aromatic heterocycles. The van der Waals surface area contributed by atoms with Crippen LogP contribution in [0.25, 0.3) is 0 Å². The SMILES string of the molecule is CC.CNC(=O)C(CCN(C(C)C)C(C)C)(c1ccccc1)c1ccccn1. The minimum absolute atomic E-state index is 0.0186. The van der Waals surface area contributed by atoms with Gasteiger partial charge in [0.1, 0.15) is 5.41 Å². The quantitative estimate of drug-likeness (QED) is 0.722. The van der Waals surface area contributed by atoms with Crippen molar-refractivity contribution < 1.29 is 4.79 Å². The summed E-state index contributed by atoms with van der Waals surface area (Å²) in [5.74, 6) is -0.0186. The molecule has 0 aliphatic heterocycles. The molecule has 0 aliphatic rings. The topological polar surface area (TPSA) is 45.2 Å². The zero-order chi connectivity index (χ0) is 21.2. The van der Waals surface area contributed by atoms with Crippen molar-refractivity contribution in [2.75, 3.05) is 13.6 Å². The molecule has 1 N–H and O–H groups in total. The Hall–Kier alpha value is -2.20. The van der Waals surface area contributed by atoms with Crippen LogP contribution in [0.1, 0.15) is 59.2 Å². The molecule has 0 saturated carbocycles. The molecular formula is C24H37N3O. The van der Waals surface area contributed by atoms with Crippen molar-refractivity contribution >= 4 is 5.91 Å². The summed E-state index contributed by atoms with van der Waals surface area (Å²) in [6.45, 7) is 13.6. The number of nitrogens with one attached hydrogen (secondary N) is 1. The molecule has 0 spiro atoms. The van der Waals surface area contributed by atoms with Crippen LogP contribution in [-0.4, -0.2) is 41.5 Å². The Morgan fingerprint density at radius 2 is 1.57 bits per heavy atom. The van der Waals surface area contributed by atoms with Gasteiger partial charge in [-0.1, -0.05) is 50.2 Å². The second kappa shape index (κ2) is 11.6. The third kappa shape index (κ3) is 5.41. The third-order valence-corrected chi connectivity index (χ3v) is 5.06. The lowest BCUT2D eigenvalue weighted by Crippen LogP contribution is -2.48. The van der Waals surface area contributed by atoms with E-state index in [1.165, 1.54) is 0 Å². The van der Waals surface area contributed by atoms with Crippen molar-refractivity contribution in [3.05, 3.63) is 66.0 Å². The summed E-state index contributed by atoms with van der Waals surface area (Å²) in [6, 6.07) is 16.6. The maximum Gasteiger partial charge on any atom is 0.236 e. The molecule has 0 radical (unpaired) electrons. The number of hydrogen-bond acceptors (Lipinski definition) is 3. The average molecular weight is 384 g/mol. The zero-order valence-corrected chi connectivity index (χ0v) is 18.6. The van der Waals surface area contributed by atoms with E-state index in [-0.39, 0.29) is 5.91 Å². The number of carbonyl (C=O) groups is 1. The standard InChI is InChI=1S/C22H31N3O.C2H6/c1-17(2)25(18(3)4)16-14-22(21(26)23-5,19-11-7-6-8-12-19)20-13-9-10-15-24-20;1-2/h6-13,15,17-18H,14,16H2,1-5H3,(H,23,26);1-2H3. The molecule has 2 aromatic rings.